The lowest BCUT2D eigenvalue weighted by Gasteiger charge is -2.21. The Morgan fingerprint density at radius 3 is 2.30 bits per heavy atom. The molecule has 0 aliphatic heterocycles. The lowest BCUT2D eigenvalue weighted by molar-refractivity contribution is -0.114. The van der Waals surface area contributed by atoms with E-state index in [-0.39, 0.29) is 10.8 Å². The molecule has 0 radical (unpaired) electrons. The number of carbonyl (C=O) groups excluding carboxylic acids is 2. The molecule has 0 fully saturated rings. The molecule has 0 bridgehead atoms. The van der Waals surface area contributed by atoms with Gasteiger partial charge in [0.2, 0.25) is 5.91 Å². The molecular weight excluding hydrogens is 490 g/mol. The normalized spacial score (nSPS) is 11.9. The Labute approximate surface area is 215 Å². The van der Waals surface area contributed by atoms with Crippen molar-refractivity contribution in [3.05, 3.63) is 108 Å². The van der Waals surface area contributed by atoms with Crippen LogP contribution in [-0.2, 0) is 21.2 Å². The molecule has 0 saturated carbocycles. The Hall–Kier alpha value is -4.44. The molecule has 9 nitrogen and oxygen atoms in total. The number of nitrogens with zero attached hydrogens (tertiary/aromatic N) is 2. The van der Waals surface area contributed by atoms with Crippen LogP contribution >= 0.6 is 0 Å². The van der Waals surface area contributed by atoms with E-state index in [2.05, 4.69) is 20.3 Å². The van der Waals surface area contributed by atoms with E-state index in [9.17, 15) is 18.0 Å². The highest BCUT2D eigenvalue weighted by molar-refractivity contribution is 7.90. The van der Waals surface area contributed by atoms with Gasteiger partial charge in [-0.05, 0) is 54.8 Å². The summed E-state index contributed by atoms with van der Waals surface area (Å²) >= 11 is 0. The maximum absolute atomic E-state index is 13.0. The molecule has 4 rings (SSSR count). The molecule has 3 amide bonds. The third-order valence-electron chi connectivity index (χ3n) is 5.65. The second-order valence-electron chi connectivity index (χ2n) is 8.47. The van der Waals surface area contributed by atoms with Crippen molar-refractivity contribution in [3.63, 3.8) is 0 Å². The number of amides is 3. The summed E-state index contributed by atoms with van der Waals surface area (Å²) in [7, 11) is -4.08. The standard InChI is InChI=1S/C27H27N5O4S/c1-19-8-6-7-11-25(19)37(35,36)31-27(34)30-24(18-21-9-4-3-5-10-21)26-28-16-17-32(26)23-14-12-22(13-15-23)29-20(2)33/h3-17,24H,18H2,1-2H3,(H,29,33)(H2,30,31,34)/t24-/m0/s1. The number of imidazole rings is 1. The van der Waals surface area contributed by atoms with Crippen molar-refractivity contribution < 1.29 is 18.0 Å². The molecule has 0 aliphatic rings. The van der Waals surface area contributed by atoms with Crippen LogP contribution in [0.4, 0.5) is 10.5 Å². The van der Waals surface area contributed by atoms with E-state index in [0.29, 0.717) is 23.5 Å². The van der Waals surface area contributed by atoms with E-state index >= 15 is 0 Å². The molecule has 0 aliphatic carbocycles. The number of urea groups is 1. The van der Waals surface area contributed by atoms with Gasteiger partial charge in [-0.25, -0.2) is 22.9 Å². The number of hydrogen-bond donors (Lipinski definition) is 3. The summed E-state index contributed by atoms with van der Waals surface area (Å²) in [6.07, 6.45) is 3.74. The molecule has 3 N–H and O–H groups in total. The van der Waals surface area contributed by atoms with Crippen LogP contribution in [0.3, 0.4) is 0 Å². The van der Waals surface area contributed by atoms with Gasteiger partial charge in [-0.2, -0.15) is 0 Å². The third-order valence-corrected chi connectivity index (χ3v) is 7.14. The van der Waals surface area contributed by atoms with Crippen LogP contribution in [0.5, 0.6) is 0 Å². The lowest BCUT2D eigenvalue weighted by Crippen LogP contribution is -2.42. The molecule has 0 saturated heterocycles. The number of carbonyl (C=O) groups is 2. The lowest BCUT2D eigenvalue weighted by atomic mass is 10.1. The summed E-state index contributed by atoms with van der Waals surface area (Å²) in [6.45, 7) is 3.10. The summed E-state index contributed by atoms with van der Waals surface area (Å²) < 4.78 is 29.7. The molecular formula is C27H27N5O4S. The third kappa shape index (κ3) is 6.42. The van der Waals surface area contributed by atoms with Gasteiger partial charge in [-0.1, -0.05) is 48.5 Å². The van der Waals surface area contributed by atoms with E-state index < -0.39 is 22.1 Å². The minimum Gasteiger partial charge on any atom is -0.327 e. The van der Waals surface area contributed by atoms with E-state index in [1.165, 1.54) is 13.0 Å². The molecule has 37 heavy (non-hydrogen) atoms. The fraction of sp³-hybridized carbons (Fsp3) is 0.148. The first-order valence-electron chi connectivity index (χ1n) is 11.6. The van der Waals surface area contributed by atoms with Crippen LogP contribution in [0.1, 0.15) is 29.9 Å². The van der Waals surface area contributed by atoms with Gasteiger partial charge in [0, 0.05) is 30.7 Å². The summed E-state index contributed by atoms with van der Waals surface area (Å²) in [5.74, 6) is 0.342. The zero-order chi connectivity index (χ0) is 26.4. The van der Waals surface area contributed by atoms with E-state index in [4.69, 9.17) is 0 Å². The second kappa shape index (κ2) is 11.1. The monoisotopic (exact) mass is 517 g/mol. The zero-order valence-corrected chi connectivity index (χ0v) is 21.2. The van der Waals surface area contributed by atoms with E-state index in [1.54, 1.807) is 54.2 Å². The summed E-state index contributed by atoms with van der Waals surface area (Å²) in [4.78, 5) is 28.8. The number of nitrogens with one attached hydrogen (secondary N) is 3. The van der Waals surface area contributed by atoms with Gasteiger partial charge in [0.05, 0.1) is 10.9 Å². The predicted molar refractivity (Wildman–Crippen MR) is 141 cm³/mol. The Bertz CT molecular complexity index is 1500. The average Bonchev–Trinajstić information content (AvgIpc) is 3.34. The number of benzene rings is 3. The molecule has 3 aromatic carbocycles. The van der Waals surface area contributed by atoms with Crippen molar-refractivity contribution in [1.29, 1.82) is 0 Å². The molecule has 10 heteroatoms. The van der Waals surface area contributed by atoms with Crippen LogP contribution in [0.25, 0.3) is 5.69 Å². The number of anilines is 1. The first kappa shape index (κ1) is 25.6. The average molecular weight is 518 g/mol. The maximum Gasteiger partial charge on any atom is 0.329 e. The molecule has 1 aromatic heterocycles. The van der Waals surface area contributed by atoms with Crippen molar-refractivity contribution in [1.82, 2.24) is 19.6 Å². The maximum atomic E-state index is 13.0. The summed E-state index contributed by atoms with van der Waals surface area (Å²) in [5.41, 5.74) is 2.87. The van der Waals surface area contributed by atoms with Crippen molar-refractivity contribution in [2.24, 2.45) is 0 Å². The highest BCUT2D eigenvalue weighted by Gasteiger charge is 2.25. The number of aromatic nitrogens is 2. The smallest absolute Gasteiger partial charge is 0.327 e. The van der Waals surface area contributed by atoms with Crippen molar-refractivity contribution in [2.45, 2.75) is 31.2 Å². The van der Waals surface area contributed by atoms with Gasteiger partial charge in [-0.15, -0.1) is 0 Å². The van der Waals surface area contributed by atoms with Gasteiger partial charge >= 0.3 is 6.03 Å². The van der Waals surface area contributed by atoms with Crippen molar-refractivity contribution in [2.75, 3.05) is 5.32 Å². The fourth-order valence-electron chi connectivity index (χ4n) is 3.98. The first-order chi connectivity index (χ1) is 17.7. The highest BCUT2D eigenvalue weighted by Crippen LogP contribution is 2.22. The van der Waals surface area contributed by atoms with Gasteiger partial charge < -0.3 is 15.2 Å². The van der Waals surface area contributed by atoms with E-state index in [1.807, 2.05) is 42.5 Å². The topological polar surface area (TPSA) is 122 Å². The first-order valence-corrected chi connectivity index (χ1v) is 13.1. The van der Waals surface area contributed by atoms with Gasteiger partial charge in [0.1, 0.15) is 5.82 Å². The minimum absolute atomic E-state index is 0.0329. The Kier molecular flexibility index (Phi) is 7.69. The van der Waals surface area contributed by atoms with Crippen molar-refractivity contribution in [3.8, 4) is 5.69 Å². The van der Waals surface area contributed by atoms with Gasteiger partial charge in [0.25, 0.3) is 10.0 Å². The summed E-state index contributed by atoms with van der Waals surface area (Å²) in [6, 6.07) is 21.6. The Balaban J connectivity index is 1.62. The fourth-order valence-corrected chi connectivity index (χ4v) is 5.14. The second-order valence-corrected chi connectivity index (χ2v) is 10.1. The number of hydrogen-bond acceptors (Lipinski definition) is 5. The minimum atomic E-state index is -4.08. The van der Waals surface area contributed by atoms with Crippen LogP contribution in [-0.4, -0.2) is 29.9 Å². The van der Waals surface area contributed by atoms with Crippen LogP contribution < -0.4 is 15.4 Å². The summed E-state index contributed by atoms with van der Waals surface area (Å²) in [5, 5.41) is 5.52. The Morgan fingerprint density at radius 1 is 0.946 bits per heavy atom. The molecule has 190 valence electrons. The molecule has 1 heterocycles. The molecule has 0 spiro atoms. The van der Waals surface area contributed by atoms with Gasteiger partial charge in [-0.3, -0.25) is 4.79 Å². The Morgan fingerprint density at radius 2 is 1.62 bits per heavy atom. The highest BCUT2D eigenvalue weighted by atomic mass is 32.2. The largest absolute Gasteiger partial charge is 0.329 e. The predicted octanol–water partition coefficient (Wildman–Crippen LogP) is 4.11. The quantitative estimate of drug-likeness (QED) is 0.325. The number of aryl methyl sites for hydroxylation is 1. The van der Waals surface area contributed by atoms with Crippen LogP contribution in [0, 0.1) is 6.92 Å². The number of rotatable bonds is 8. The van der Waals surface area contributed by atoms with Crippen LogP contribution in [0.2, 0.25) is 0 Å². The molecule has 1 atom stereocenters. The SMILES string of the molecule is CC(=O)Nc1ccc(-n2ccnc2[C@H](Cc2ccccc2)NC(=O)NS(=O)(=O)c2ccccc2C)cc1. The molecule has 0 unspecified atom stereocenters. The zero-order valence-electron chi connectivity index (χ0n) is 20.4. The van der Waals surface area contributed by atoms with Gasteiger partial charge in [0.15, 0.2) is 0 Å². The van der Waals surface area contributed by atoms with E-state index in [0.717, 1.165) is 11.3 Å². The van der Waals surface area contributed by atoms with Crippen LogP contribution in [0.15, 0.2) is 96.2 Å². The van der Waals surface area contributed by atoms with Crippen molar-refractivity contribution >= 4 is 27.6 Å². The number of sulfonamides is 1. The molecule has 4 aromatic rings.